The van der Waals surface area contributed by atoms with Crippen molar-refractivity contribution < 1.29 is 0 Å². The average molecular weight is 257 g/mol. The number of hydrogen-bond acceptors (Lipinski definition) is 2. The maximum atomic E-state index is 3.66. The third-order valence-electron chi connectivity index (χ3n) is 3.83. The maximum absolute atomic E-state index is 3.66. The van der Waals surface area contributed by atoms with Gasteiger partial charge in [0.15, 0.2) is 0 Å². The number of aryl methyl sites for hydroxylation is 1. The number of thiophene rings is 1. The molecule has 0 aliphatic heterocycles. The van der Waals surface area contributed by atoms with E-state index in [1.165, 1.54) is 28.0 Å². The number of nitrogens with one attached hydrogen (secondary N) is 1. The molecule has 1 N–H and O–H groups in total. The van der Waals surface area contributed by atoms with E-state index in [0.29, 0.717) is 12.0 Å². The molecule has 0 amide bonds. The lowest BCUT2D eigenvalue weighted by molar-refractivity contribution is 0.420. The van der Waals surface area contributed by atoms with Gasteiger partial charge in [-0.05, 0) is 48.0 Å². The van der Waals surface area contributed by atoms with Crippen LogP contribution in [0.15, 0.2) is 35.7 Å². The maximum Gasteiger partial charge on any atom is 0.0401 e. The molecule has 94 valence electrons. The quantitative estimate of drug-likeness (QED) is 0.871. The van der Waals surface area contributed by atoms with Crippen molar-refractivity contribution in [3.8, 4) is 0 Å². The van der Waals surface area contributed by atoms with Gasteiger partial charge in [-0.1, -0.05) is 31.2 Å². The number of benzene rings is 1. The van der Waals surface area contributed by atoms with Crippen LogP contribution in [0.1, 0.15) is 40.5 Å². The van der Waals surface area contributed by atoms with Gasteiger partial charge in [0.05, 0.1) is 0 Å². The summed E-state index contributed by atoms with van der Waals surface area (Å²) in [4.78, 5) is 1.40. The Kier molecular flexibility index (Phi) is 3.23. The molecule has 2 heteroatoms. The highest BCUT2D eigenvalue weighted by Gasteiger charge is 2.33. The Morgan fingerprint density at radius 1 is 1.39 bits per heavy atom. The first-order valence-electron chi connectivity index (χ1n) is 6.66. The zero-order valence-electron chi connectivity index (χ0n) is 10.9. The number of hydrogen-bond donors (Lipinski definition) is 1. The summed E-state index contributed by atoms with van der Waals surface area (Å²) < 4.78 is 0. The second-order valence-electron chi connectivity index (χ2n) is 5.04. The van der Waals surface area contributed by atoms with E-state index < -0.39 is 0 Å². The SMILES string of the molecule is CCNC(c1csc(C)c1)C1Cc2ccccc21. The topological polar surface area (TPSA) is 12.0 Å². The Morgan fingerprint density at radius 2 is 2.22 bits per heavy atom. The van der Waals surface area contributed by atoms with Gasteiger partial charge in [-0.3, -0.25) is 0 Å². The summed E-state index contributed by atoms with van der Waals surface area (Å²) in [6.45, 7) is 5.40. The van der Waals surface area contributed by atoms with Crippen molar-refractivity contribution in [2.24, 2.45) is 0 Å². The molecule has 1 aliphatic rings. The third-order valence-corrected chi connectivity index (χ3v) is 4.71. The van der Waals surface area contributed by atoms with Crippen molar-refractivity contribution in [1.82, 2.24) is 5.32 Å². The lowest BCUT2D eigenvalue weighted by Crippen LogP contribution is -2.33. The van der Waals surface area contributed by atoms with E-state index in [1.807, 2.05) is 11.3 Å². The lowest BCUT2D eigenvalue weighted by Gasteiger charge is -2.37. The summed E-state index contributed by atoms with van der Waals surface area (Å²) in [5, 5.41) is 5.97. The van der Waals surface area contributed by atoms with Crippen LogP contribution in [0.5, 0.6) is 0 Å². The molecule has 0 fully saturated rings. The molecule has 18 heavy (non-hydrogen) atoms. The monoisotopic (exact) mass is 257 g/mol. The molecule has 1 aromatic heterocycles. The van der Waals surface area contributed by atoms with Gasteiger partial charge in [-0.25, -0.2) is 0 Å². The van der Waals surface area contributed by atoms with Crippen LogP contribution < -0.4 is 5.32 Å². The van der Waals surface area contributed by atoms with Crippen LogP contribution in [-0.2, 0) is 6.42 Å². The molecule has 0 spiro atoms. The molecular formula is C16H19NS. The number of rotatable bonds is 4. The molecule has 1 aliphatic carbocycles. The van der Waals surface area contributed by atoms with Crippen LogP contribution in [0, 0.1) is 6.92 Å². The van der Waals surface area contributed by atoms with E-state index in [1.54, 1.807) is 0 Å². The minimum atomic E-state index is 0.481. The normalized spacial score (nSPS) is 19.1. The second-order valence-corrected chi connectivity index (χ2v) is 6.15. The Labute approximate surface area is 113 Å². The molecular weight excluding hydrogens is 238 g/mol. The van der Waals surface area contributed by atoms with Crippen LogP contribution >= 0.6 is 11.3 Å². The summed E-state index contributed by atoms with van der Waals surface area (Å²) in [6, 6.07) is 11.7. The van der Waals surface area contributed by atoms with E-state index in [9.17, 15) is 0 Å². The van der Waals surface area contributed by atoms with Crippen LogP contribution in [0.25, 0.3) is 0 Å². The summed E-state index contributed by atoms with van der Waals surface area (Å²) in [7, 11) is 0. The van der Waals surface area contributed by atoms with E-state index in [0.717, 1.165) is 6.54 Å². The van der Waals surface area contributed by atoms with Crippen molar-refractivity contribution in [2.45, 2.75) is 32.2 Å². The predicted molar refractivity (Wildman–Crippen MR) is 78.4 cm³/mol. The van der Waals surface area contributed by atoms with E-state index in [4.69, 9.17) is 0 Å². The molecule has 2 unspecified atom stereocenters. The standard InChI is InChI=1S/C16H19NS/c1-3-17-16(13-8-11(2)18-10-13)15-9-12-6-4-5-7-14(12)15/h4-8,10,15-17H,3,9H2,1-2H3. The van der Waals surface area contributed by atoms with Crippen LogP contribution in [0.4, 0.5) is 0 Å². The van der Waals surface area contributed by atoms with Gasteiger partial charge in [0.25, 0.3) is 0 Å². The smallest absolute Gasteiger partial charge is 0.0401 e. The fourth-order valence-electron chi connectivity index (χ4n) is 2.93. The Hall–Kier alpha value is -1.12. The van der Waals surface area contributed by atoms with Crippen LogP contribution in [0.3, 0.4) is 0 Å². The van der Waals surface area contributed by atoms with Crippen molar-refractivity contribution in [1.29, 1.82) is 0 Å². The number of fused-ring (bicyclic) bond motifs is 1. The fraction of sp³-hybridized carbons (Fsp3) is 0.375. The van der Waals surface area contributed by atoms with Crippen molar-refractivity contribution in [2.75, 3.05) is 6.54 Å². The first kappa shape index (κ1) is 11.9. The fourth-order valence-corrected chi connectivity index (χ4v) is 3.67. The highest BCUT2D eigenvalue weighted by atomic mass is 32.1. The molecule has 0 radical (unpaired) electrons. The second kappa shape index (κ2) is 4.87. The summed E-state index contributed by atoms with van der Waals surface area (Å²) >= 11 is 1.85. The molecule has 0 saturated carbocycles. The zero-order valence-corrected chi connectivity index (χ0v) is 11.8. The van der Waals surface area contributed by atoms with Gasteiger partial charge < -0.3 is 5.32 Å². The molecule has 3 rings (SSSR count). The van der Waals surface area contributed by atoms with Gasteiger partial charge in [0, 0.05) is 16.8 Å². The summed E-state index contributed by atoms with van der Waals surface area (Å²) in [5.74, 6) is 0.648. The number of likely N-dealkylation sites (N-methyl/N-ethyl adjacent to an activating group) is 1. The van der Waals surface area contributed by atoms with Gasteiger partial charge in [0.2, 0.25) is 0 Å². The van der Waals surface area contributed by atoms with Gasteiger partial charge >= 0.3 is 0 Å². The summed E-state index contributed by atoms with van der Waals surface area (Å²) in [5.41, 5.74) is 4.52. The van der Waals surface area contributed by atoms with E-state index in [-0.39, 0.29) is 0 Å². The van der Waals surface area contributed by atoms with Gasteiger partial charge in [-0.15, -0.1) is 11.3 Å². The average Bonchev–Trinajstić information content (AvgIpc) is 2.76. The van der Waals surface area contributed by atoms with E-state index in [2.05, 4.69) is 54.9 Å². The molecule has 1 heterocycles. The Balaban J connectivity index is 1.89. The van der Waals surface area contributed by atoms with Crippen molar-refractivity contribution in [3.63, 3.8) is 0 Å². The third kappa shape index (κ3) is 2.00. The largest absolute Gasteiger partial charge is 0.310 e. The molecule has 1 nitrogen and oxygen atoms in total. The molecule has 2 aromatic rings. The van der Waals surface area contributed by atoms with Crippen LogP contribution in [0.2, 0.25) is 0 Å². The highest BCUT2D eigenvalue weighted by molar-refractivity contribution is 7.10. The summed E-state index contributed by atoms with van der Waals surface area (Å²) in [6.07, 6.45) is 1.21. The lowest BCUT2D eigenvalue weighted by atomic mass is 9.72. The molecule has 0 saturated heterocycles. The predicted octanol–water partition coefficient (Wildman–Crippen LogP) is 4.05. The van der Waals surface area contributed by atoms with Crippen molar-refractivity contribution >= 4 is 11.3 Å². The minimum Gasteiger partial charge on any atom is -0.310 e. The minimum absolute atomic E-state index is 0.481. The van der Waals surface area contributed by atoms with E-state index >= 15 is 0 Å². The molecule has 0 bridgehead atoms. The first-order valence-corrected chi connectivity index (χ1v) is 7.53. The highest BCUT2D eigenvalue weighted by Crippen LogP contribution is 2.44. The van der Waals surface area contributed by atoms with Gasteiger partial charge in [0.1, 0.15) is 0 Å². The van der Waals surface area contributed by atoms with Crippen molar-refractivity contribution in [3.05, 3.63) is 57.3 Å². The molecule has 2 atom stereocenters. The van der Waals surface area contributed by atoms with Gasteiger partial charge in [-0.2, -0.15) is 0 Å². The first-order chi connectivity index (χ1) is 8.79. The zero-order chi connectivity index (χ0) is 12.5. The molecule has 1 aromatic carbocycles. The Bertz CT molecular complexity index is 544. The van der Waals surface area contributed by atoms with Crippen LogP contribution in [-0.4, -0.2) is 6.54 Å². The Morgan fingerprint density at radius 3 is 2.89 bits per heavy atom.